The monoisotopic (exact) mass is 712 g/mol. The zero-order valence-electron chi connectivity index (χ0n) is 30.1. The summed E-state index contributed by atoms with van der Waals surface area (Å²) in [7, 11) is 1.57. The topological polar surface area (TPSA) is 145 Å². The molecule has 3 aromatic carbocycles. The van der Waals surface area contributed by atoms with Crippen LogP contribution in [0.2, 0.25) is 0 Å². The summed E-state index contributed by atoms with van der Waals surface area (Å²) in [6.45, 7) is 10.3. The van der Waals surface area contributed by atoms with E-state index >= 15 is 0 Å². The number of carbonyl (C=O) groups excluding carboxylic acids is 2. The van der Waals surface area contributed by atoms with Crippen molar-refractivity contribution >= 4 is 51.5 Å². The molecule has 5 heterocycles. The second kappa shape index (κ2) is 14.6. The highest BCUT2D eigenvalue weighted by Crippen LogP contribution is 2.33. The van der Waals surface area contributed by atoms with Gasteiger partial charge in [-0.2, -0.15) is 0 Å². The fourth-order valence-electron chi connectivity index (χ4n) is 7.42. The molecule has 53 heavy (non-hydrogen) atoms. The van der Waals surface area contributed by atoms with Gasteiger partial charge in [-0.05, 0) is 66.1 Å². The number of pyridine rings is 1. The zero-order valence-corrected chi connectivity index (χ0v) is 30.1. The second-order valence-corrected chi connectivity index (χ2v) is 14.1. The van der Waals surface area contributed by atoms with E-state index in [1.54, 1.807) is 18.2 Å². The first-order valence-corrected chi connectivity index (χ1v) is 18.1. The Bertz CT molecular complexity index is 2130. The number of rotatable bonds is 10. The Hall–Kier alpha value is -5.95. The van der Waals surface area contributed by atoms with E-state index in [1.165, 1.54) is 11.4 Å². The van der Waals surface area contributed by atoms with Gasteiger partial charge in [0.2, 0.25) is 17.7 Å². The Morgan fingerprint density at radius 1 is 0.887 bits per heavy atom. The minimum Gasteiger partial charge on any atom is -0.480 e. The van der Waals surface area contributed by atoms with Gasteiger partial charge in [-0.1, -0.05) is 24.3 Å². The third-order valence-electron chi connectivity index (χ3n) is 10.6. The number of hydrogen-bond donors (Lipinski definition) is 3. The lowest BCUT2D eigenvalue weighted by molar-refractivity contribution is -0.121. The molecule has 0 spiro atoms. The van der Waals surface area contributed by atoms with Gasteiger partial charge in [0.1, 0.15) is 0 Å². The van der Waals surface area contributed by atoms with E-state index in [2.05, 4.69) is 83.8 Å². The van der Waals surface area contributed by atoms with Crippen molar-refractivity contribution in [3.05, 3.63) is 90.3 Å². The SMILES string of the molecule is COc1ncc(-c2ccc3cnc(Nc4ccc(N5CC(CN6CCN(c7ccc(CN8CCC(=O)NC8=O)cc7)CC6)C5)cc4)nc3c2)c(C)c1N. The molecule has 4 N–H and O–H groups in total. The largest absolute Gasteiger partial charge is 0.480 e. The van der Waals surface area contributed by atoms with E-state index in [9.17, 15) is 9.59 Å². The molecule has 3 amide bonds. The maximum Gasteiger partial charge on any atom is 0.324 e. The van der Waals surface area contributed by atoms with Crippen LogP contribution in [0.5, 0.6) is 5.88 Å². The molecule has 3 saturated heterocycles. The number of nitrogens with one attached hydrogen (secondary N) is 2. The van der Waals surface area contributed by atoms with Crippen molar-refractivity contribution < 1.29 is 14.3 Å². The first-order chi connectivity index (χ1) is 25.8. The van der Waals surface area contributed by atoms with Gasteiger partial charge in [0.25, 0.3) is 0 Å². The van der Waals surface area contributed by atoms with E-state index in [4.69, 9.17) is 15.5 Å². The first kappa shape index (κ1) is 34.2. The number of nitrogen functional groups attached to an aromatic ring is 1. The lowest BCUT2D eigenvalue weighted by Gasteiger charge is -2.45. The average molecular weight is 713 g/mol. The smallest absolute Gasteiger partial charge is 0.324 e. The number of hydrogen-bond acceptors (Lipinski definition) is 11. The van der Waals surface area contributed by atoms with Gasteiger partial charge in [-0.3, -0.25) is 15.0 Å². The Labute approximate surface area is 308 Å². The molecule has 272 valence electrons. The number of nitrogens with zero attached hydrogens (tertiary/aromatic N) is 7. The maximum atomic E-state index is 12.1. The molecule has 0 aliphatic carbocycles. The van der Waals surface area contributed by atoms with Crippen LogP contribution in [-0.4, -0.2) is 96.2 Å². The Kier molecular flexibility index (Phi) is 9.40. The van der Waals surface area contributed by atoms with E-state index < -0.39 is 0 Å². The van der Waals surface area contributed by atoms with Crippen molar-refractivity contribution in [3.8, 4) is 17.0 Å². The van der Waals surface area contributed by atoms with Gasteiger partial charge in [-0.15, -0.1) is 0 Å². The van der Waals surface area contributed by atoms with Crippen molar-refractivity contribution in [1.82, 2.24) is 30.1 Å². The van der Waals surface area contributed by atoms with E-state index in [0.717, 1.165) is 84.7 Å². The summed E-state index contributed by atoms with van der Waals surface area (Å²) in [4.78, 5) is 46.4. The standard InChI is InChI=1S/C40H44N10O3/c1-26-34(21-42-38(53-2)37(26)41)29-5-6-30-20-43-39(45-35(30)19-29)44-31-7-11-33(12-8-31)50-24-28(25-50)22-47-15-17-48(18-16-47)32-9-3-27(4-10-32)23-49-14-13-36(51)46-40(49)52/h3-12,19-21,28H,13-18,22-25,41H2,1-2H3,(H,43,44,45)(H,46,51,52). The van der Waals surface area contributed by atoms with Crippen LogP contribution in [0.3, 0.4) is 0 Å². The number of ether oxygens (including phenoxy) is 1. The number of benzene rings is 3. The molecular formula is C40H44N10O3. The van der Waals surface area contributed by atoms with Crippen LogP contribution in [-0.2, 0) is 11.3 Å². The predicted octanol–water partition coefficient (Wildman–Crippen LogP) is 5.03. The van der Waals surface area contributed by atoms with Crippen LogP contribution < -0.4 is 30.9 Å². The summed E-state index contributed by atoms with van der Waals surface area (Å²) in [5.74, 6) is 1.42. The summed E-state index contributed by atoms with van der Waals surface area (Å²) < 4.78 is 5.27. The van der Waals surface area contributed by atoms with Crippen molar-refractivity contribution in [2.45, 2.75) is 19.9 Å². The van der Waals surface area contributed by atoms with Gasteiger partial charge in [0.15, 0.2) is 0 Å². The van der Waals surface area contributed by atoms with Gasteiger partial charge in [0, 0.05) is 112 Å². The fraction of sp³-hybridized carbons (Fsp3) is 0.325. The fourth-order valence-corrected chi connectivity index (χ4v) is 7.42. The molecule has 13 nitrogen and oxygen atoms in total. The summed E-state index contributed by atoms with van der Waals surface area (Å²) in [5, 5.41) is 6.71. The highest BCUT2D eigenvalue weighted by atomic mass is 16.5. The number of methoxy groups -OCH3 is 1. The Morgan fingerprint density at radius 2 is 1.62 bits per heavy atom. The molecule has 3 aliphatic heterocycles. The first-order valence-electron chi connectivity index (χ1n) is 18.1. The molecule has 13 heteroatoms. The number of amides is 3. The number of fused-ring (bicyclic) bond motifs is 1. The van der Waals surface area contributed by atoms with Crippen molar-refractivity contribution in [2.75, 3.05) is 80.3 Å². The van der Waals surface area contributed by atoms with Crippen LogP contribution in [0, 0.1) is 12.8 Å². The van der Waals surface area contributed by atoms with Crippen LogP contribution in [0.4, 0.5) is 33.5 Å². The van der Waals surface area contributed by atoms with Crippen molar-refractivity contribution in [2.24, 2.45) is 5.92 Å². The lowest BCUT2D eigenvalue weighted by atomic mass is 9.98. The third kappa shape index (κ3) is 7.38. The average Bonchev–Trinajstić information content (AvgIpc) is 3.16. The molecule has 0 atom stereocenters. The van der Waals surface area contributed by atoms with E-state index in [0.29, 0.717) is 42.9 Å². The van der Waals surface area contributed by atoms with Crippen LogP contribution in [0.1, 0.15) is 17.5 Å². The van der Waals surface area contributed by atoms with Crippen LogP contribution in [0.25, 0.3) is 22.0 Å². The second-order valence-electron chi connectivity index (χ2n) is 14.1. The minimum atomic E-state index is -0.308. The summed E-state index contributed by atoms with van der Waals surface area (Å²) in [6, 6.07) is 22.7. The predicted molar refractivity (Wildman–Crippen MR) is 208 cm³/mol. The highest BCUT2D eigenvalue weighted by molar-refractivity contribution is 5.96. The number of urea groups is 1. The van der Waals surface area contributed by atoms with Crippen LogP contribution in [0.15, 0.2) is 79.1 Å². The quantitative estimate of drug-likeness (QED) is 0.179. The molecule has 0 unspecified atom stereocenters. The molecular weight excluding hydrogens is 669 g/mol. The number of carbonyl (C=O) groups is 2. The lowest BCUT2D eigenvalue weighted by Crippen LogP contribution is -2.55. The van der Waals surface area contributed by atoms with Crippen molar-refractivity contribution in [3.63, 3.8) is 0 Å². The van der Waals surface area contributed by atoms with Gasteiger partial charge < -0.3 is 30.5 Å². The molecule has 0 saturated carbocycles. The maximum absolute atomic E-state index is 12.1. The summed E-state index contributed by atoms with van der Waals surface area (Å²) in [5.41, 5.74) is 14.9. The normalized spacial score (nSPS) is 16.8. The third-order valence-corrected chi connectivity index (χ3v) is 10.6. The molecule has 5 aromatic rings. The molecule has 2 aromatic heterocycles. The molecule has 8 rings (SSSR count). The molecule has 0 radical (unpaired) electrons. The number of nitrogens with two attached hydrogens (primary N) is 1. The number of imide groups is 1. The van der Waals surface area contributed by atoms with Gasteiger partial charge in [0.05, 0.1) is 18.3 Å². The Balaban J connectivity index is 0.798. The van der Waals surface area contributed by atoms with Crippen LogP contribution >= 0.6 is 0 Å². The summed E-state index contributed by atoms with van der Waals surface area (Å²) in [6.07, 6.45) is 3.97. The van der Waals surface area contributed by atoms with Gasteiger partial charge >= 0.3 is 6.03 Å². The molecule has 0 bridgehead atoms. The Morgan fingerprint density at radius 3 is 2.36 bits per heavy atom. The zero-order chi connectivity index (χ0) is 36.5. The van der Waals surface area contributed by atoms with E-state index in [1.807, 2.05) is 31.3 Å². The number of piperazine rings is 1. The number of anilines is 5. The molecule has 3 aliphatic rings. The van der Waals surface area contributed by atoms with E-state index in [-0.39, 0.29) is 11.9 Å². The van der Waals surface area contributed by atoms with Gasteiger partial charge in [-0.25, -0.2) is 19.7 Å². The highest BCUT2D eigenvalue weighted by Gasteiger charge is 2.30. The summed E-state index contributed by atoms with van der Waals surface area (Å²) >= 11 is 0. The minimum absolute atomic E-state index is 0.203. The number of aromatic nitrogens is 3. The van der Waals surface area contributed by atoms with Crippen molar-refractivity contribution in [1.29, 1.82) is 0 Å². The molecule has 3 fully saturated rings.